The molecule has 0 spiro atoms. The minimum atomic E-state index is -0.0549. The monoisotopic (exact) mass is 198 g/mol. The molecule has 0 fully saturated rings. The molecule has 2 N–H and O–H groups in total. The highest BCUT2D eigenvalue weighted by Gasteiger charge is 1.99. The molecule has 0 radical (unpaired) electrons. The van der Waals surface area contributed by atoms with E-state index in [1.807, 2.05) is 0 Å². The SMILES string of the molecule is CC(=O)NCCn1cc(CCO)nn1. The summed E-state index contributed by atoms with van der Waals surface area (Å²) < 4.78 is 1.64. The largest absolute Gasteiger partial charge is 0.396 e. The number of aromatic nitrogens is 3. The van der Waals surface area contributed by atoms with Crippen LogP contribution in [0, 0.1) is 0 Å². The Morgan fingerprint density at radius 2 is 2.50 bits per heavy atom. The minimum absolute atomic E-state index is 0.0549. The van der Waals surface area contributed by atoms with Crippen molar-refractivity contribution in [1.82, 2.24) is 20.3 Å². The van der Waals surface area contributed by atoms with Crippen molar-refractivity contribution < 1.29 is 9.90 Å². The maximum atomic E-state index is 10.6. The van der Waals surface area contributed by atoms with E-state index in [4.69, 9.17) is 5.11 Å². The fraction of sp³-hybridized carbons (Fsp3) is 0.625. The van der Waals surface area contributed by atoms with Crippen LogP contribution in [0.2, 0.25) is 0 Å². The number of aliphatic hydroxyl groups is 1. The number of aliphatic hydroxyl groups excluding tert-OH is 1. The molecule has 0 bridgehead atoms. The standard InChI is InChI=1S/C8H14N4O2/c1-7(14)9-3-4-12-6-8(2-5-13)10-11-12/h6,13H,2-5H2,1H3,(H,9,14). The predicted molar refractivity (Wildman–Crippen MR) is 49.5 cm³/mol. The van der Waals surface area contributed by atoms with Crippen molar-refractivity contribution in [3.63, 3.8) is 0 Å². The lowest BCUT2D eigenvalue weighted by atomic mass is 10.3. The Labute approximate surface area is 81.9 Å². The molecule has 1 aromatic heterocycles. The van der Waals surface area contributed by atoms with Crippen LogP contribution in [0.25, 0.3) is 0 Å². The summed E-state index contributed by atoms with van der Waals surface area (Å²) in [5, 5.41) is 19.0. The van der Waals surface area contributed by atoms with Crippen molar-refractivity contribution in [2.24, 2.45) is 0 Å². The number of carbonyl (C=O) groups is 1. The first-order chi connectivity index (χ1) is 6.72. The lowest BCUT2D eigenvalue weighted by Crippen LogP contribution is -2.24. The van der Waals surface area contributed by atoms with E-state index in [-0.39, 0.29) is 12.5 Å². The van der Waals surface area contributed by atoms with Crippen LogP contribution in [-0.2, 0) is 17.8 Å². The molecule has 0 aliphatic rings. The normalized spacial score (nSPS) is 10.1. The third-order valence-corrected chi connectivity index (χ3v) is 1.67. The maximum absolute atomic E-state index is 10.6. The molecule has 6 heteroatoms. The molecule has 0 atom stereocenters. The fourth-order valence-electron chi connectivity index (χ4n) is 1.02. The molecule has 1 aromatic rings. The van der Waals surface area contributed by atoms with Crippen molar-refractivity contribution in [3.05, 3.63) is 11.9 Å². The van der Waals surface area contributed by atoms with Crippen LogP contribution < -0.4 is 5.32 Å². The molecule has 78 valence electrons. The van der Waals surface area contributed by atoms with Crippen LogP contribution in [-0.4, -0.2) is 39.2 Å². The number of hydrogen-bond acceptors (Lipinski definition) is 4. The Kier molecular flexibility index (Phi) is 4.06. The fourth-order valence-corrected chi connectivity index (χ4v) is 1.02. The summed E-state index contributed by atoms with van der Waals surface area (Å²) in [4.78, 5) is 10.6. The average Bonchev–Trinajstić information content (AvgIpc) is 2.53. The Bertz CT molecular complexity index is 297. The van der Waals surface area contributed by atoms with Crippen LogP contribution in [0.4, 0.5) is 0 Å². The second-order valence-corrected chi connectivity index (χ2v) is 2.93. The van der Waals surface area contributed by atoms with Crippen molar-refractivity contribution in [3.8, 4) is 0 Å². The zero-order valence-electron chi connectivity index (χ0n) is 8.10. The Hall–Kier alpha value is -1.43. The first-order valence-electron chi connectivity index (χ1n) is 4.46. The molecule has 0 aliphatic heterocycles. The summed E-state index contributed by atoms with van der Waals surface area (Å²) in [5.41, 5.74) is 0.760. The van der Waals surface area contributed by atoms with Crippen LogP contribution in [0.1, 0.15) is 12.6 Å². The number of nitrogens with zero attached hydrogens (tertiary/aromatic N) is 3. The minimum Gasteiger partial charge on any atom is -0.396 e. The van der Waals surface area contributed by atoms with Crippen LogP contribution in [0.5, 0.6) is 0 Å². The van der Waals surface area contributed by atoms with Gasteiger partial charge in [-0.1, -0.05) is 5.21 Å². The highest BCUT2D eigenvalue weighted by Crippen LogP contribution is 1.92. The predicted octanol–water partition coefficient (Wildman–Crippen LogP) is -1.05. The van der Waals surface area contributed by atoms with Crippen LogP contribution in [0.15, 0.2) is 6.20 Å². The zero-order valence-corrected chi connectivity index (χ0v) is 8.10. The van der Waals surface area contributed by atoms with E-state index in [1.165, 1.54) is 6.92 Å². The first-order valence-corrected chi connectivity index (χ1v) is 4.46. The van der Waals surface area contributed by atoms with Gasteiger partial charge in [0.1, 0.15) is 0 Å². The number of hydrogen-bond donors (Lipinski definition) is 2. The molecule has 0 aromatic carbocycles. The van der Waals surface area contributed by atoms with E-state index in [9.17, 15) is 4.79 Å². The van der Waals surface area contributed by atoms with Gasteiger partial charge in [0.15, 0.2) is 0 Å². The molecular formula is C8H14N4O2. The van der Waals surface area contributed by atoms with E-state index < -0.39 is 0 Å². The van der Waals surface area contributed by atoms with Crippen LogP contribution in [0.3, 0.4) is 0 Å². The van der Waals surface area contributed by atoms with E-state index >= 15 is 0 Å². The summed E-state index contributed by atoms with van der Waals surface area (Å²) in [5.74, 6) is -0.0549. The summed E-state index contributed by atoms with van der Waals surface area (Å²) in [6, 6.07) is 0. The van der Waals surface area contributed by atoms with Crippen molar-refractivity contribution >= 4 is 5.91 Å². The molecule has 0 aliphatic carbocycles. The third-order valence-electron chi connectivity index (χ3n) is 1.67. The molecule has 1 rings (SSSR count). The first kappa shape index (κ1) is 10.6. The summed E-state index contributed by atoms with van der Waals surface area (Å²) >= 11 is 0. The van der Waals surface area contributed by atoms with Crippen molar-refractivity contribution in [1.29, 1.82) is 0 Å². The Balaban J connectivity index is 2.32. The second kappa shape index (κ2) is 5.33. The topological polar surface area (TPSA) is 80.0 Å². The zero-order chi connectivity index (χ0) is 10.4. The Morgan fingerprint density at radius 1 is 1.71 bits per heavy atom. The Morgan fingerprint density at radius 3 is 3.14 bits per heavy atom. The highest BCUT2D eigenvalue weighted by molar-refractivity contribution is 5.72. The molecule has 14 heavy (non-hydrogen) atoms. The summed E-state index contributed by atoms with van der Waals surface area (Å²) in [6.07, 6.45) is 2.28. The maximum Gasteiger partial charge on any atom is 0.216 e. The van der Waals surface area contributed by atoms with Gasteiger partial charge in [-0.25, -0.2) is 0 Å². The molecule has 1 heterocycles. The van der Waals surface area contributed by atoms with Gasteiger partial charge in [0.05, 0.1) is 12.2 Å². The number of amides is 1. The third kappa shape index (κ3) is 3.53. The molecular weight excluding hydrogens is 184 g/mol. The van der Waals surface area contributed by atoms with E-state index in [0.29, 0.717) is 19.5 Å². The second-order valence-electron chi connectivity index (χ2n) is 2.93. The van der Waals surface area contributed by atoms with Gasteiger partial charge >= 0.3 is 0 Å². The summed E-state index contributed by atoms with van der Waals surface area (Å²) in [7, 11) is 0. The quantitative estimate of drug-likeness (QED) is 0.632. The van der Waals surface area contributed by atoms with Gasteiger partial charge in [-0.05, 0) is 0 Å². The lowest BCUT2D eigenvalue weighted by molar-refractivity contribution is -0.118. The van der Waals surface area contributed by atoms with E-state index in [0.717, 1.165) is 5.69 Å². The smallest absolute Gasteiger partial charge is 0.216 e. The van der Waals surface area contributed by atoms with E-state index in [2.05, 4.69) is 15.6 Å². The number of rotatable bonds is 5. The highest BCUT2D eigenvalue weighted by atomic mass is 16.3. The van der Waals surface area contributed by atoms with Gasteiger partial charge in [0.2, 0.25) is 5.91 Å². The van der Waals surface area contributed by atoms with Gasteiger partial charge in [-0.3, -0.25) is 9.48 Å². The van der Waals surface area contributed by atoms with Gasteiger partial charge in [-0.15, -0.1) is 5.10 Å². The van der Waals surface area contributed by atoms with Crippen molar-refractivity contribution in [2.75, 3.05) is 13.2 Å². The van der Waals surface area contributed by atoms with Gasteiger partial charge < -0.3 is 10.4 Å². The molecule has 0 saturated carbocycles. The van der Waals surface area contributed by atoms with Gasteiger partial charge in [0, 0.05) is 32.7 Å². The van der Waals surface area contributed by atoms with E-state index in [1.54, 1.807) is 10.9 Å². The molecule has 0 saturated heterocycles. The molecule has 6 nitrogen and oxygen atoms in total. The summed E-state index contributed by atoms with van der Waals surface area (Å²) in [6.45, 7) is 2.68. The van der Waals surface area contributed by atoms with Crippen LogP contribution >= 0.6 is 0 Å². The number of nitrogens with one attached hydrogen (secondary N) is 1. The molecule has 1 amide bonds. The average molecular weight is 198 g/mol. The van der Waals surface area contributed by atoms with Gasteiger partial charge in [-0.2, -0.15) is 0 Å². The molecule has 0 unspecified atom stereocenters. The van der Waals surface area contributed by atoms with Gasteiger partial charge in [0.25, 0.3) is 0 Å². The lowest BCUT2D eigenvalue weighted by Gasteiger charge is -2.00. The van der Waals surface area contributed by atoms with Crippen molar-refractivity contribution in [2.45, 2.75) is 19.9 Å². The number of carbonyl (C=O) groups excluding carboxylic acids is 1.